The topological polar surface area (TPSA) is 80.9 Å². The van der Waals surface area contributed by atoms with E-state index in [0.29, 0.717) is 5.16 Å². The summed E-state index contributed by atoms with van der Waals surface area (Å²) in [6.45, 7) is 4.11. The lowest BCUT2D eigenvalue weighted by Crippen LogP contribution is -2.12. The molecular weight excluding hydrogens is 296 g/mol. The van der Waals surface area contributed by atoms with Crippen molar-refractivity contribution in [3.05, 3.63) is 22.4 Å². The van der Waals surface area contributed by atoms with Gasteiger partial charge in [0, 0.05) is 18.0 Å². The van der Waals surface area contributed by atoms with E-state index < -0.39 is 5.97 Å². The number of thioether (sulfide) groups is 1. The Labute approximate surface area is 125 Å². The van der Waals surface area contributed by atoms with Crippen LogP contribution in [0.5, 0.6) is 0 Å². The fraction of sp³-hybridized carbons (Fsp3) is 0.500. The predicted molar refractivity (Wildman–Crippen MR) is 78.3 cm³/mol. The molecule has 0 aromatic carbocycles. The first kappa shape index (κ1) is 15.0. The van der Waals surface area contributed by atoms with E-state index in [9.17, 15) is 4.79 Å². The quantitative estimate of drug-likeness (QED) is 0.791. The first-order valence-electron chi connectivity index (χ1n) is 6.31. The summed E-state index contributed by atoms with van der Waals surface area (Å²) in [5.74, 6) is 0.000983. The molecule has 0 spiro atoms. The lowest BCUT2D eigenvalue weighted by Gasteiger charge is -2.15. The minimum absolute atomic E-state index is 0.0165. The molecule has 2 rings (SSSR count). The van der Waals surface area contributed by atoms with E-state index in [4.69, 9.17) is 5.11 Å². The van der Waals surface area contributed by atoms with Gasteiger partial charge in [-0.25, -0.2) is 4.98 Å². The highest BCUT2D eigenvalue weighted by Crippen LogP contribution is 2.27. The zero-order chi connectivity index (χ0) is 14.5. The molecule has 108 valence electrons. The minimum Gasteiger partial charge on any atom is -0.481 e. The molecule has 0 aliphatic rings. The number of carboxylic acid groups (broad SMARTS) is 1. The summed E-state index contributed by atoms with van der Waals surface area (Å²) in [6, 6.07) is 0.0165. The van der Waals surface area contributed by atoms with Crippen LogP contribution in [0.4, 0.5) is 0 Å². The van der Waals surface area contributed by atoms with Crippen molar-refractivity contribution in [3.63, 3.8) is 0 Å². The molecule has 6 nitrogen and oxygen atoms in total. The van der Waals surface area contributed by atoms with Crippen LogP contribution in [0, 0.1) is 0 Å². The molecule has 0 radical (unpaired) electrons. The maximum atomic E-state index is 10.7. The standard InChI is InChI=1S/C12H16N4O2S2/c1-3-4-9-14-15-12(20-7-10(17)18)16(9)8(2)11-13-5-6-19-11/h5-6,8H,3-4,7H2,1-2H3,(H,17,18). The number of hydrogen-bond donors (Lipinski definition) is 1. The zero-order valence-corrected chi connectivity index (χ0v) is 12.9. The first-order valence-corrected chi connectivity index (χ1v) is 8.17. The van der Waals surface area contributed by atoms with E-state index in [-0.39, 0.29) is 11.8 Å². The Kier molecular flexibility index (Phi) is 5.13. The zero-order valence-electron chi connectivity index (χ0n) is 11.3. The second-order valence-electron chi connectivity index (χ2n) is 4.25. The van der Waals surface area contributed by atoms with Gasteiger partial charge in [-0.15, -0.1) is 21.5 Å². The number of aromatic nitrogens is 4. The van der Waals surface area contributed by atoms with Gasteiger partial charge in [-0.05, 0) is 13.3 Å². The van der Waals surface area contributed by atoms with Crippen LogP contribution in [-0.4, -0.2) is 36.6 Å². The molecule has 0 aliphatic carbocycles. The number of carbonyl (C=O) groups is 1. The highest BCUT2D eigenvalue weighted by molar-refractivity contribution is 7.99. The molecule has 1 N–H and O–H groups in total. The second-order valence-corrected chi connectivity index (χ2v) is 6.12. The second kappa shape index (κ2) is 6.85. The summed E-state index contributed by atoms with van der Waals surface area (Å²) >= 11 is 2.77. The van der Waals surface area contributed by atoms with Gasteiger partial charge in [0.25, 0.3) is 0 Å². The number of thiazole rings is 1. The molecule has 0 fully saturated rings. The Morgan fingerprint density at radius 2 is 2.35 bits per heavy atom. The Morgan fingerprint density at radius 3 is 2.95 bits per heavy atom. The molecule has 2 aromatic rings. The average Bonchev–Trinajstić information content (AvgIpc) is 3.05. The lowest BCUT2D eigenvalue weighted by molar-refractivity contribution is -0.133. The molecule has 20 heavy (non-hydrogen) atoms. The maximum Gasteiger partial charge on any atom is 0.313 e. The highest BCUT2D eigenvalue weighted by Gasteiger charge is 2.20. The van der Waals surface area contributed by atoms with Crippen molar-refractivity contribution in [3.8, 4) is 0 Å². The van der Waals surface area contributed by atoms with Crippen LogP contribution < -0.4 is 0 Å². The van der Waals surface area contributed by atoms with Crippen molar-refractivity contribution in [1.29, 1.82) is 0 Å². The van der Waals surface area contributed by atoms with Crippen LogP contribution >= 0.6 is 23.1 Å². The van der Waals surface area contributed by atoms with Crippen LogP contribution in [0.15, 0.2) is 16.7 Å². The fourth-order valence-corrected chi connectivity index (χ4v) is 3.31. The predicted octanol–water partition coefficient (Wildman–Crippen LogP) is 2.47. The van der Waals surface area contributed by atoms with Gasteiger partial charge in [0.15, 0.2) is 5.16 Å². The van der Waals surface area contributed by atoms with E-state index in [2.05, 4.69) is 22.1 Å². The average molecular weight is 312 g/mol. The van der Waals surface area contributed by atoms with Crippen molar-refractivity contribution in [2.24, 2.45) is 0 Å². The van der Waals surface area contributed by atoms with Crippen molar-refractivity contribution >= 4 is 29.1 Å². The van der Waals surface area contributed by atoms with Gasteiger partial charge in [-0.1, -0.05) is 18.7 Å². The number of hydrogen-bond acceptors (Lipinski definition) is 6. The molecule has 0 bridgehead atoms. The smallest absolute Gasteiger partial charge is 0.313 e. The Morgan fingerprint density at radius 1 is 1.55 bits per heavy atom. The van der Waals surface area contributed by atoms with Gasteiger partial charge in [0.1, 0.15) is 10.8 Å². The summed E-state index contributed by atoms with van der Waals surface area (Å²) in [5, 5.41) is 20.7. The number of aryl methyl sites for hydroxylation is 1. The summed E-state index contributed by atoms with van der Waals surface area (Å²) in [4.78, 5) is 15.1. The van der Waals surface area contributed by atoms with Crippen molar-refractivity contribution in [2.75, 3.05) is 5.75 Å². The Hall–Kier alpha value is -1.41. The monoisotopic (exact) mass is 312 g/mol. The van der Waals surface area contributed by atoms with Crippen molar-refractivity contribution in [1.82, 2.24) is 19.7 Å². The molecule has 2 heterocycles. The lowest BCUT2D eigenvalue weighted by atomic mass is 10.3. The molecule has 0 saturated heterocycles. The molecule has 0 aliphatic heterocycles. The summed E-state index contributed by atoms with van der Waals surface area (Å²) in [5.41, 5.74) is 0. The van der Waals surface area contributed by atoms with Crippen molar-refractivity contribution in [2.45, 2.75) is 37.9 Å². The van der Waals surface area contributed by atoms with Crippen LogP contribution in [0.1, 0.15) is 37.1 Å². The molecule has 8 heteroatoms. The maximum absolute atomic E-state index is 10.7. The third kappa shape index (κ3) is 3.37. The molecule has 2 aromatic heterocycles. The number of carboxylic acids is 1. The Balaban J connectivity index is 2.31. The van der Waals surface area contributed by atoms with Gasteiger partial charge in [0.2, 0.25) is 0 Å². The third-order valence-corrected chi connectivity index (χ3v) is 4.60. The van der Waals surface area contributed by atoms with E-state index in [0.717, 1.165) is 23.7 Å². The van der Waals surface area contributed by atoms with E-state index in [1.807, 2.05) is 16.9 Å². The van der Waals surface area contributed by atoms with Gasteiger partial charge >= 0.3 is 5.97 Å². The first-order chi connectivity index (χ1) is 9.63. The van der Waals surface area contributed by atoms with E-state index >= 15 is 0 Å². The summed E-state index contributed by atoms with van der Waals surface area (Å²) < 4.78 is 2.00. The normalized spacial score (nSPS) is 12.5. The number of nitrogens with zero attached hydrogens (tertiary/aromatic N) is 4. The van der Waals surface area contributed by atoms with Crippen molar-refractivity contribution < 1.29 is 9.90 Å². The third-order valence-electron chi connectivity index (χ3n) is 2.73. The minimum atomic E-state index is -0.858. The molecular formula is C12H16N4O2S2. The van der Waals surface area contributed by atoms with Crippen LogP contribution in [0.25, 0.3) is 0 Å². The molecule has 1 atom stereocenters. The van der Waals surface area contributed by atoms with Gasteiger partial charge in [0.05, 0.1) is 11.8 Å². The summed E-state index contributed by atoms with van der Waals surface area (Å²) in [7, 11) is 0. The molecule has 1 unspecified atom stereocenters. The van der Waals surface area contributed by atoms with Gasteiger partial charge < -0.3 is 5.11 Å². The largest absolute Gasteiger partial charge is 0.481 e. The van der Waals surface area contributed by atoms with Crippen LogP contribution in [-0.2, 0) is 11.2 Å². The summed E-state index contributed by atoms with van der Waals surface area (Å²) in [6.07, 6.45) is 3.55. The van der Waals surface area contributed by atoms with Gasteiger partial charge in [-0.2, -0.15) is 0 Å². The highest BCUT2D eigenvalue weighted by atomic mass is 32.2. The SMILES string of the molecule is CCCc1nnc(SCC(=O)O)n1C(C)c1nccs1. The Bertz CT molecular complexity index is 568. The molecule has 0 amide bonds. The number of rotatable bonds is 7. The molecule has 0 saturated carbocycles. The van der Waals surface area contributed by atoms with Gasteiger partial charge in [-0.3, -0.25) is 9.36 Å². The fourth-order valence-electron chi connectivity index (χ4n) is 1.87. The number of aliphatic carboxylic acids is 1. The van der Waals surface area contributed by atoms with E-state index in [1.54, 1.807) is 17.5 Å². The van der Waals surface area contributed by atoms with Crippen LogP contribution in [0.3, 0.4) is 0 Å². The van der Waals surface area contributed by atoms with E-state index in [1.165, 1.54) is 11.8 Å². The van der Waals surface area contributed by atoms with Crippen LogP contribution in [0.2, 0.25) is 0 Å².